The second-order valence-corrected chi connectivity index (χ2v) is 3.54. The summed E-state index contributed by atoms with van der Waals surface area (Å²) in [5.74, 6) is -0.621. The number of alkyl halides is 3. The first kappa shape index (κ1) is 12.4. The Bertz CT molecular complexity index is 589. The number of carbonyl (C=O) groups excluding carboxylic acids is 1. The maximum atomic E-state index is 12.4. The van der Waals surface area contributed by atoms with Gasteiger partial charge in [-0.25, -0.2) is 9.78 Å². The highest BCUT2D eigenvalue weighted by Gasteiger charge is 2.32. The molecule has 4 nitrogen and oxygen atoms in total. The first-order valence-electron chi connectivity index (χ1n) is 5.16. The molecule has 2 aromatic rings. The van der Waals surface area contributed by atoms with Crippen molar-refractivity contribution in [2.75, 3.05) is 6.61 Å². The normalized spacial score (nSPS) is 11.8. The number of esters is 1. The third-order valence-corrected chi connectivity index (χ3v) is 2.27. The molecule has 2 aromatic heterocycles. The molecular formula is C11H9F3N2O2. The zero-order chi connectivity index (χ0) is 13.3. The van der Waals surface area contributed by atoms with Gasteiger partial charge in [0, 0.05) is 5.39 Å². The molecule has 18 heavy (non-hydrogen) atoms. The molecule has 0 atom stereocenters. The van der Waals surface area contributed by atoms with Gasteiger partial charge in [0.2, 0.25) is 0 Å². The van der Waals surface area contributed by atoms with Gasteiger partial charge in [0.25, 0.3) is 0 Å². The molecular weight excluding hydrogens is 249 g/mol. The predicted octanol–water partition coefficient (Wildman–Crippen LogP) is 2.76. The maximum absolute atomic E-state index is 12.4. The molecule has 0 amide bonds. The van der Waals surface area contributed by atoms with Crippen LogP contribution >= 0.6 is 0 Å². The number of rotatable bonds is 2. The Kier molecular flexibility index (Phi) is 2.98. The molecule has 7 heteroatoms. The van der Waals surface area contributed by atoms with E-state index in [1.807, 2.05) is 0 Å². The molecule has 2 heterocycles. The summed E-state index contributed by atoms with van der Waals surface area (Å²) in [6.07, 6.45) is -4.51. The number of nitrogens with zero attached hydrogens (tertiary/aromatic N) is 1. The van der Waals surface area contributed by atoms with Crippen molar-refractivity contribution in [1.82, 2.24) is 9.97 Å². The van der Waals surface area contributed by atoms with E-state index < -0.39 is 17.8 Å². The lowest BCUT2D eigenvalue weighted by Crippen LogP contribution is -2.07. The zero-order valence-electron chi connectivity index (χ0n) is 9.34. The molecule has 0 saturated carbocycles. The molecule has 96 valence electrons. The van der Waals surface area contributed by atoms with Gasteiger partial charge in [-0.1, -0.05) is 0 Å². The Balaban J connectivity index is 2.43. The fourth-order valence-corrected chi connectivity index (χ4v) is 1.48. The highest BCUT2D eigenvalue weighted by Crippen LogP contribution is 2.29. The van der Waals surface area contributed by atoms with Crippen LogP contribution in [0.4, 0.5) is 13.2 Å². The largest absolute Gasteiger partial charge is 0.461 e. The number of hydrogen-bond acceptors (Lipinski definition) is 3. The smallest absolute Gasteiger partial charge is 0.433 e. The van der Waals surface area contributed by atoms with Crippen LogP contribution in [0.3, 0.4) is 0 Å². The van der Waals surface area contributed by atoms with Crippen LogP contribution < -0.4 is 0 Å². The van der Waals surface area contributed by atoms with Gasteiger partial charge in [-0.05, 0) is 25.1 Å². The Morgan fingerprint density at radius 3 is 2.78 bits per heavy atom. The van der Waals surface area contributed by atoms with Crippen molar-refractivity contribution in [3.8, 4) is 0 Å². The number of hydrogen-bond donors (Lipinski definition) is 1. The molecule has 0 aliphatic carbocycles. The topological polar surface area (TPSA) is 55.0 Å². The van der Waals surface area contributed by atoms with Crippen LogP contribution in [-0.2, 0) is 10.9 Å². The molecule has 0 radical (unpaired) electrons. The van der Waals surface area contributed by atoms with E-state index in [1.165, 1.54) is 12.1 Å². The van der Waals surface area contributed by atoms with E-state index in [4.69, 9.17) is 4.74 Å². The molecule has 0 aliphatic heterocycles. The van der Waals surface area contributed by atoms with Crippen LogP contribution in [0.25, 0.3) is 11.0 Å². The summed E-state index contributed by atoms with van der Waals surface area (Å²) in [6.45, 7) is 1.83. The fraction of sp³-hybridized carbons (Fsp3) is 0.273. The zero-order valence-corrected chi connectivity index (χ0v) is 9.34. The van der Waals surface area contributed by atoms with Crippen molar-refractivity contribution in [3.05, 3.63) is 29.6 Å². The van der Waals surface area contributed by atoms with E-state index in [9.17, 15) is 18.0 Å². The van der Waals surface area contributed by atoms with Gasteiger partial charge < -0.3 is 9.72 Å². The molecule has 0 spiro atoms. The lowest BCUT2D eigenvalue weighted by atomic mass is 10.3. The summed E-state index contributed by atoms with van der Waals surface area (Å²) < 4.78 is 42.0. The first-order valence-corrected chi connectivity index (χ1v) is 5.16. The Morgan fingerprint density at radius 2 is 2.17 bits per heavy atom. The van der Waals surface area contributed by atoms with Gasteiger partial charge in [-0.3, -0.25) is 0 Å². The van der Waals surface area contributed by atoms with Crippen LogP contribution in [0.15, 0.2) is 18.2 Å². The first-order chi connectivity index (χ1) is 8.41. The summed E-state index contributed by atoms with van der Waals surface area (Å²) >= 11 is 0. The SMILES string of the molecule is CCOC(=O)c1cc2ccc(C(F)(F)F)nc2[nH]1. The fourth-order valence-electron chi connectivity index (χ4n) is 1.48. The molecule has 0 bridgehead atoms. The number of aromatic nitrogens is 2. The van der Waals surface area contributed by atoms with E-state index in [2.05, 4.69) is 9.97 Å². The minimum atomic E-state index is -4.51. The minimum Gasteiger partial charge on any atom is -0.461 e. The minimum absolute atomic E-state index is 0.00729. The van der Waals surface area contributed by atoms with Crippen LogP contribution in [0.1, 0.15) is 23.1 Å². The van der Waals surface area contributed by atoms with Crippen LogP contribution in [0, 0.1) is 0 Å². The third-order valence-electron chi connectivity index (χ3n) is 2.27. The Morgan fingerprint density at radius 1 is 1.44 bits per heavy atom. The predicted molar refractivity (Wildman–Crippen MR) is 57.1 cm³/mol. The van der Waals surface area contributed by atoms with Crippen molar-refractivity contribution in [1.29, 1.82) is 0 Å². The molecule has 2 rings (SSSR count). The summed E-state index contributed by atoms with van der Waals surface area (Å²) in [4.78, 5) is 17.3. The number of pyridine rings is 1. The quantitative estimate of drug-likeness (QED) is 0.842. The number of nitrogens with one attached hydrogen (secondary N) is 1. The van der Waals surface area contributed by atoms with Crippen molar-refractivity contribution >= 4 is 17.0 Å². The van der Waals surface area contributed by atoms with E-state index >= 15 is 0 Å². The van der Waals surface area contributed by atoms with E-state index in [0.29, 0.717) is 5.39 Å². The van der Waals surface area contributed by atoms with Crippen molar-refractivity contribution in [2.45, 2.75) is 13.1 Å². The third kappa shape index (κ3) is 2.29. The summed E-state index contributed by atoms with van der Waals surface area (Å²) in [7, 11) is 0. The van der Waals surface area contributed by atoms with Gasteiger partial charge in [0.05, 0.1) is 6.61 Å². The van der Waals surface area contributed by atoms with E-state index in [-0.39, 0.29) is 17.9 Å². The molecule has 0 aromatic carbocycles. The number of H-pyrrole nitrogens is 1. The average Bonchev–Trinajstić information content (AvgIpc) is 2.70. The van der Waals surface area contributed by atoms with Crippen molar-refractivity contribution < 1.29 is 22.7 Å². The molecule has 0 saturated heterocycles. The second kappa shape index (κ2) is 4.32. The standard InChI is InChI=1S/C11H9F3N2O2/c1-2-18-10(17)7-5-6-3-4-8(11(12,13)14)16-9(6)15-7/h3-5H,2H2,1H3,(H,15,16). The molecule has 0 fully saturated rings. The molecule has 0 aliphatic rings. The summed E-state index contributed by atoms with van der Waals surface area (Å²) in [6, 6.07) is 3.52. The molecule has 1 N–H and O–H groups in total. The number of carbonyl (C=O) groups is 1. The highest BCUT2D eigenvalue weighted by atomic mass is 19.4. The lowest BCUT2D eigenvalue weighted by molar-refractivity contribution is -0.141. The van der Waals surface area contributed by atoms with Crippen LogP contribution in [0.5, 0.6) is 0 Å². The Hall–Kier alpha value is -2.05. The monoisotopic (exact) mass is 258 g/mol. The van der Waals surface area contributed by atoms with Crippen LogP contribution in [-0.4, -0.2) is 22.5 Å². The van der Waals surface area contributed by atoms with Gasteiger partial charge in [0.15, 0.2) is 0 Å². The average molecular weight is 258 g/mol. The van der Waals surface area contributed by atoms with Gasteiger partial charge in [0.1, 0.15) is 17.0 Å². The summed E-state index contributed by atoms with van der Waals surface area (Å²) in [5, 5.41) is 0.422. The van der Waals surface area contributed by atoms with E-state index in [0.717, 1.165) is 6.07 Å². The lowest BCUT2D eigenvalue weighted by Gasteiger charge is -2.04. The van der Waals surface area contributed by atoms with Gasteiger partial charge in [-0.2, -0.15) is 13.2 Å². The van der Waals surface area contributed by atoms with Gasteiger partial charge >= 0.3 is 12.1 Å². The maximum Gasteiger partial charge on any atom is 0.433 e. The Labute approximate surface area is 99.8 Å². The summed E-state index contributed by atoms with van der Waals surface area (Å²) in [5.41, 5.74) is -0.918. The van der Waals surface area contributed by atoms with Crippen molar-refractivity contribution in [3.63, 3.8) is 0 Å². The number of aromatic amines is 1. The second-order valence-electron chi connectivity index (χ2n) is 3.54. The number of halogens is 3. The highest BCUT2D eigenvalue weighted by molar-refractivity contribution is 5.93. The van der Waals surface area contributed by atoms with Crippen LogP contribution in [0.2, 0.25) is 0 Å². The van der Waals surface area contributed by atoms with E-state index in [1.54, 1.807) is 6.92 Å². The number of fused-ring (bicyclic) bond motifs is 1. The van der Waals surface area contributed by atoms with Gasteiger partial charge in [-0.15, -0.1) is 0 Å². The van der Waals surface area contributed by atoms with Crippen molar-refractivity contribution in [2.24, 2.45) is 0 Å². The number of ether oxygens (including phenoxy) is 1. The molecule has 0 unspecified atom stereocenters.